The van der Waals surface area contributed by atoms with Crippen LogP contribution in [0.5, 0.6) is 0 Å². The lowest BCUT2D eigenvalue weighted by molar-refractivity contribution is -0.140. The van der Waals surface area contributed by atoms with Gasteiger partial charge in [-0.1, -0.05) is 26.0 Å². The summed E-state index contributed by atoms with van der Waals surface area (Å²) < 4.78 is 66.4. The molecule has 0 bridgehead atoms. The number of sulfonamides is 1. The van der Waals surface area contributed by atoms with Crippen molar-refractivity contribution in [2.45, 2.75) is 31.0 Å². The number of hydrogen-bond acceptors (Lipinski definition) is 4. The summed E-state index contributed by atoms with van der Waals surface area (Å²) in [5.41, 5.74) is 0.233. The Kier molecular flexibility index (Phi) is 5.70. The van der Waals surface area contributed by atoms with Crippen LogP contribution in [0.1, 0.15) is 19.5 Å². The number of H-pyrrole nitrogens is 1. The molecular weight excluding hydrogens is 407 g/mol. The summed E-state index contributed by atoms with van der Waals surface area (Å²) in [6, 6.07) is 7.71. The van der Waals surface area contributed by atoms with Crippen molar-refractivity contribution < 1.29 is 26.7 Å². The van der Waals surface area contributed by atoms with Crippen LogP contribution in [0.4, 0.5) is 13.2 Å². The van der Waals surface area contributed by atoms with Crippen molar-refractivity contribution in [1.82, 2.24) is 14.7 Å². The standard InChI is InChI=1S/C19H20F3N3O3S/c1-11(2)16(10-26)25-29(27,28)13-5-3-12(4-6-13)14-7-8-23-18-15(14)9-17(24-18)19(20,21)22/h3-9,11,16,25-26H,10H2,1-2H3,(H,23,24)/t16-/m0/s1. The van der Waals surface area contributed by atoms with Crippen LogP contribution in [0.3, 0.4) is 0 Å². The van der Waals surface area contributed by atoms with Crippen molar-refractivity contribution in [3.63, 3.8) is 0 Å². The summed E-state index contributed by atoms with van der Waals surface area (Å²) in [5, 5.41) is 9.63. The largest absolute Gasteiger partial charge is 0.431 e. The summed E-state index contributed by atoms with van der Waals surface area (Å²) in [7, 11) is -3.85. The van der Waals surface area contributed by atoms with Crippen molar-refractivity contribution in [2.75, 3.05) is 6.61 Å². The molecule has 1 aromatic carbocycles. The number of aromatic nitrogens is 2. The molecule has 156 valence electrons. The van der Waals surface area contributed by atoms with Crippen LogP contribution in [0, 0.1) is 5.92 Å². The summed E-state index contributed by atoms with van der Waals surface area (Å²) in [5.74, 6) is -0.101. The average molecular weight is 427 g/mol. The van der Waals surface area contributed by atoms with Crippen LogP contribution in [0.2, 0.25) is 0 Å². The lowest BCUT2D eigenvalue weighted by atomic mass is 10.0. The molecule has 3 aromatic rings. The van der Waals surface area contributed by atoms with E-state index >= 15 is 0 Å². The number of alkyl halides is 3. The number of pyridine rings is 1. The fraction of sp³-hybridized carbons (Fsp3) is 0.316. The molecule has 3 rings (SSSR count). The summed E-state index contributed by atoms with van der Waals surface area (Å²) in [4.78, 5) is 6.18. The quantitative estimate of drug-likeness (QED) is 0.561. The first kappa shape index (κ1) is 21.3. The Balaban J connectivity index is 1.96. The number of benzene rings is 1. The molecule has 0 fully saturated rings. The van der Waals surface area contributed by atoms with Gasteiger partial charge in [-0.05, 0) is 41.3 Å². The van der Waals surface area contributed by atoms with Crippen LogP contribution >= 0.6 is 0 Å². The Morgan fingerprint density at radius 2 is 1.83 bits per heavy atom. The van der Waals surface area contributed by atoms with Gasteiger partial charge in [-0.2, -0.15) is 13.2 Å². The first-order valence-corrected chi connectivity index (χ1v) is 10.3. The number of aliphatic hydroxyl groups is 1. The minimum atomic E-state index is -4.53. The van der Waals surface area contributed by atoms with Gasteiger partial charge in [0, 0.05) is 17.6 Å². The molecule has 0 saturated heterocycles. The fourth-order valence-corrected chi connectivity index (χ4v) is 4.27. The molecule has 0 aliphatic carbocycles. The predicted octanol–water partition coefficient (Wildman–Crippen LogP) is 3.54. The third-order valence-electron chi connectivity index (χ3n) is 4.62. The molecule has 0 spiro atoms. The molecule has 3 N–H and O–H groups in total. The van der Waals surface area contributed by atoms with Crippen LogP contribution in [0.25, 0.3) is 22.2 Å². The molecule has 29 heavy (non-hydrogen) atoms. The van der Waals surface area contributed by atoms with E-state index in [-0.39, 0.29) is 28.5 Å². The Morgan fingerprint density at radius 3 is 2.38 bits per heavy atom. The Labute approximate surface area is 165 Å². The van der Waals surface area contributed by atoms with Crippen LogP contribution in [-0.4, -0.2) is 36.1 Å². The van der Waals surface area contributed by atoms with Gasteiger partial charge in [-0.15, -0.1) is 0 Å². The van der Waals surface area contributed by atoms with E-state index in [0.717, 1.165) is 6.07 Å². The lowest BCUT2D eigenvalue weighted by Crippen LogP contribution is -2.41. The molecule has 2 aromatic heterocycles. The molecule has 0 unspecified atom stereocenters. The fourth-order valence-electron chi connectivity index (χ4n) is 2.90. The highest BCUT2D eigenvalue weighted by molar-refractivity contribution is 7.89. The van der Waals surface area contributed by atoms with E-state index in [9.17, 15) is 26.7 Å². The summed E-state index contributed by atoms with van der Waals surface area (Å²) in [6.45, 7) is 3.24. The average Bonchev–Trinajstić information content (AvgIpc) is 3.11. The maximum absolute atomic E-state index is 13.0. The third kappa shape index (κ3) is 4.44. The molecule has 0 radical (unpaired) electrons. The number of rotatable bonds is 6. The second-order valence-electron chi connectivity index (χ2n) is 6.98. The lowest BCUT2D eigenvalue weighted by Gasteiger charge is -2.19. The molecule has 2 heterocycles. The predicted molar refractivity (Wildman–Crippen MR) is 103 cm³/mol. The first-order valence-electron chi connectivity index (χ1n) is 8.81. The third-order valence-corrected chi connectivity index (χ3v) is 6.13. The number of fused-ring (bicyclic) bond motifs is 1. The van der Waals surface area contributed by atoms with E-state index in [1.807, 2.05) is 0 Å². The number of aromatic amines is 1. The number of aliphatic hydroxyl groups excluding tert-OH is 1. The van der Waals surface area contributed by atoms with E-state index in [0.29, 0.717) is 11.1 Å². The van der Waals surface area contributed by atoms with Gasteiger partial charge in [0.05, 0.1) is 11.5 Å². The van der Waals surface area contributed by atoms with Gasteiger partial charge in [0.1, 0.15) is 11.3 Å². The van der Waals surface area contributed by atoms with Gasteiger partial charge < -0.3 is 10.1 Å². The topological polar surface area (TPSA) is 95.1 Å². The van der Waals surface area contributed by atoms with E-state index in [4.69, 9.17) is 0 Å². The van der Waals surface area contributed by atoms with Gasteiger partial charge in [0.25, 0.3) is 0 Å². The zero-order valence-corrected chi connectivity index (χ0v) is 16.5. The number of nitrogens with one attached hydrogen (secondary N) is 2. The zero-order chi connectivity index (χ0) is 21.4. The number of halogens is 3. The molecule has 0 saturated carbocycles. The van der Waals surface area contributed by atoms with Crippen molar-refractivity contribution in [3.05, 3.63) is 48.3 Å². The van der Waals surface area contributed by atoms with Gasteiger partial charge in [0.2, 0.25) is 10.0 Å². The molecule has 10 heteroatoms. The number of hydrogen-bond donors (Lipinski definition) is 3. The molecule has 0 aliphatic heterocycles. The normalized spacial score (nSPS) is 13.9. The highest BCUT2D eigenvalue weighted by Crippen LogP contribution is 2.34. The van der Waals surface area contributed by atoms with Crippen molar-refractivity contribution in [2.24, 2.45) is 5.92 Å². The van der Waals surface area contributed by atoms with Crippen LogP contribution < -0.4 is 4.72 Å². The Bertz CT molecular complexity index is 1110. The number of nitrogens with zero attached hydrogens (tertiary/aromatic N) is 1. The molecule has 0 amide bonds. The molecular formula is C19H20F3N3O3S. The zero-order valence-electron chi connectivity index (χ0n) is 15.7. The second-order valence-corrected chi connectivity index (χ2v) is 8.69. The first-order chi connectivity index (χ1) is 13.5. The molecule has 6 nitrogen and oxygen atoms in total. The van der Waals surface area contributed by atoms with Crippen molar-refractivity contribution in [3.8, 4) is 11.1 Å². The van der Waals surface area contributed by atoms with E-state index in [1.165, 1.54) is 30.5 Å². The van der Waals surface area contributed by atoms with Gasteiger partial charge in [0.15, 0.2) is 0 Å². The van der Waals surface area contributed by atoms with Gasteiger partial charge >= 0.3 is 6.18 Å². The molecule has 0 aliphatic rings. The summed E-state index contributed by atoms with van der Waals surface area (Å²) in [6.07, 6.45) is -3.14. The highest BCUT2D eigenvalue weighted by Gasteiger charge is 2.33. The maximum Gasteiger partial charge on any atom is 0.431 e. The maximum atomic E-state index is 13.0. The monoisotopic (exact) mass is 427 g/mol. The van der Waals surface area contributed by atoms with E-state index in [2.05, 4.69) is 14.7 Å². The Morgan fingerprint density at radius 1 is 1.17 bits per heavy atom. The van der Waals surface area contributed by atoms with Crippen molar-refractivity contribution >= 4 is 21.1 Å². The molecule has 1 atom stereocenters. The summed E-state index contributed by atoms with van der Waals surface area (Å²) >= 11 is 0. The van der Waals surface area contributed by atoms with E-state index in [1.54, 1.807) is 19.9 Å². The van der Waals surface area contributed by atoms with Gasteiger partial charge in [-0.25, -0.2) is 18.1 Å². The Hall–Kier alpha value is -2.43. The van der Waals surface area contributed by atoms with Crippen LogP contribution in [-0.2, 0) is 16.2 Å². The van der Waals surface area contributed by atoms with E-state index < -0.39 is 27.9 Å². The van der Waals surface area contributed by atoms with Crippen LogP contribution in [0.15, 0.2) is 47.5 Å². The minimum Gasteiger partial charge on any atom is -0.395 e. The minimum absolute atomic E-state index is 0.00398. The SMILES string of the molecule is CC(C)[C@H](CO)NS(=O)(=O)c1ccc(-c2ccnc3[nH]c(C(F)(F)F)cc23)cc1. The highest BCUT2D eigenvalue weighted by atomic mass is 32.2. The van der Waals surface area contributed by atoms with Crippen molar-refractivity contribution in [1.29, 1.82) is 0 Å². The van der Waals surface area contributed by atoms with Gasteiger partial charge in [-0.3, -0.25) is 0 Å². The smallest absolute Gasteiger partial charge is 0.395 e. The second kappa shape index (κ2) is 7.77.